The third-order valence-electron chi connectivity index (χ3n) is 3.32. The molecule has 0 spiro atoms. The van der Waals surface area contributed by atoms with Crippen molar-refractivity contribution in [1.29, 1.82) is 0 Å². The maximum Gasteiger partial charge on any atom is 0.162 e. The Hall–Kier alpha value is -2.53. The monoisotopic (exact) mass is 315 g/mol. The highest BCUT2D eigenvalue weighted by molar-refractivity contribution is 6.34. The molecule has 0 amide bonds. The van der Waals surface area contributed by atoms with Crippen LogP contribution in [0.3, 0.4) is 0 Å². The first kappa shape index (κ1) is 14.4. The van der Waals surface area contributed by atoms with E-state index in [0.29, 0.717) is 39.1 Å². The highest BCUT2D eigenvalue weighted by Crippen LogP contribution is 2.34. The van der Waals surface area contributed by atoms with Crippen molar-refractivity contribution in [2.75, 3.05) is 20.0 Å². The van der Waals surface area contributed by atoms with Crippen LogP contribution in [0.4, 0.5) is 5.69 Å². The Morgan fingerprint density at radius 3 is 2.23 bits per heavy atom. The zero-order chi connectivity index (χ0) is 15.7. The molecular weight excluding hydrogens is 302 g/mol. The number of methoxy groups -OCH3 is 2. The molecule has 0 aliphatic heterocycles. The molecule has 112 valence electrons. The van der Waals surface area contributed by atoms with Gasteiger partial charge in [-0.15, -0.1) is 0 Å². The first-order valence-electron chi connectivity index (χ1n) is 6.57. The largest absolute Gasteiger partial charge is 0.493 e. The molecule has 0 bridgehead atoms. The number of fused-ring (bicyclic) bond motifs is 1. The first-order valence-corrected chi connectivity index (χ1v) is 6.95. The number of benzene rings is 2. The third-order valence-corrected chi connectivity index (χ3v) is 3.61. The molecule has 0 aliphatic carbocycles. The van der Waals surface area contributed by atoms with E-state index in [0.717, 1.165) is 5.56 Å². The molecule has 1 aromatic heterocycles. The lowest BCUT2D eigenvalue weighted by molar-refractivity contribution is 0.356. The Kier molecular flexibility index (Phi) is 3.73. The highest BCUT2D eigenvalue weighted by Gasteiger charge is 2.13. The van der Waals surface area contributed by atoms with Gasteiger partial charge >= 0.3 is 0 Å². The normalized spacial score (nSPS) is 10.7. The van der Waals surface area contributed by atoms with Gasteiger partial charge in [-0.25, -0.2) is 9.97 Å². The molecule has 1 heterocycles. The van der Waals surface area contributed by atoms with E-state index in [1.54, 1.807) is 38.5 Å². The fourth-order valence-corrected chi connectivity index (χ4v) is 2.41. The summed E-state index contributed by atoms with van der Waals surface area (Å²) in [6.07, 6.45) is 0. The number of rotatable bonds is 3. The average Bonchev–Trinajstić information content (AvgIpc) is 2.54. The Morgan fingerprint density at radius 1 is 0.955 bits per heavy atom. The lowest BCUT2D eigenvalue weighted by Crippen LogP contribution is -1.95. The van der Waals surface area contributed by atoms with Crippen LogP contribution in [0.5, 0.6) is 11.5 Å². The van der Waals surface area contributed by atoms with E-state index in [2.05, 4.69) is 9.97 Å². The molecule has 6 heteroatoms. The summed E-state index contributed by atoms with van der Waals surface area (Å²) in [6.45, 7) is 0. The standard InChI is InChI=1S/C16H14ClN3O2/c1-21-13-7-11-12(8-14(13)22-2)19-16(20-15(11)17)9-3-5-10(18)6-4-9/h3-8H,18H2,1-2H3. The lowest BCUT2D eigenvalue weighted by Gasteiger charge is -2.10. The van der Waals surface area contributed by atoms with Gasteiger partial charge in [-0.1, -0.05) is 11.6 Å². The van der Waals surface area contributed by atoms with Crippen LogP contribution in [0.1, 0.15) is 0 Å². The van der Waals surface area contributed by atoms with Crippen LogP contribution in [-0.2, 0) is 0 Å². The molecule has 0 saturated carbocycles. The predicted molar refractivity (Wildman–Crippen MR) is 87.5 cm³/mol. The van der Waals surface area contributed by atoms with Crippen LogP contribution in [0.2, 0.25) is 5.15 Å². The summed E-state index contributed by atoms with van der Waals surface area (Å²) in [4.78, 5) is 8.90. The van der Waals surface area contributed by atoms with Crippen LogP contribution in [0.25, 0.3) is 22.3 Å². The predicted octanol–water partition coefficient (Wildman–Crippen LogP) is 3.55. The van der Waals surface area contributed by atoms with Crippen LogP contribution in [-0.4, -0.2) is 24.2 Å². The molecule has 0 atom stereocenters. The summed E-state index contributed by atoms with van der Waals surface area (Å²) in [5, 5.41) is 1.07. The van der Waals surface area contributed by atoms with Crippen LogP contribution >= 0.6 is 11.6 Å². The van der Waals surface area contributed by atoms with Crippen LogP contribution in [0, 0.1) is 0 Å². The minimum atomic E-state index is 0.359. The Morgan fingerprint density at radius 2 is 1.59 bits per heavy atom. The number of hydrogen-bond acceptors (Lipinski definition) is 5. The summed E-state index contributed by atoms with van der Waals surface area (Å²) in [7, 11) is 3.15. The van der Waals surface area contributed by atoms with Crippen molar-refractivity contribution < 1.29 is 9.47 Å². The average molecular weight is 316 g/mol. The molecule has 0 saturated heterocycles. The molecule has 0 radical (unpaired) electrons. The SMILES string of the molecule is COc1cc2nc(-c3ccc(N)cc3)nc(Cl)c2cc1OC. The van der Waals surface area contributed by atoms with E-state index in [-0.39, 0.29) is 0 Å². The van der Waals surface area contributed by atoms with E-state index in [4.69, 9.17) is 26.8 Å². The van der Waals surface area contributed by atoms with E-state index in [1.807, 2.05) is 12.1 Å². The van der Waals surface area contributed by atoms with Crippen LogP contribution in [0.15, 0.2) is 36.4 Å². The topological polar surface area (TPSA) is 70.3 Å². The van der Waals surface area contributed by atoms with E-state index in [1.165, 1.54) is 0 Å². The van der Waals surface area contributed by atoms with Crippen molar-refractivity contribution >= 4 is 28.2 Å². The second-order valence-corrected chi connectivity index (χ2v) is 5.04. The number of nitrogen functional groups attached to an aromatic ring is 1. The molecule has 0 fully saturated rings. The minimum Gasteiger partial charge on any atom is -0.493 e. The van der Waals surface area contributed by atoms with Crippen molar-refractivity contribution in [3.8, 4) is 22.9 Å². The smallest absolute Gasteiger partial charge is 0.162 e. The number of nitrogens with two attached hydrogens (primary N) is 1. The van der Waals surface area contributed by atoms with Gasteiger partial charge in [-0.2, -0.15) is 0 Å². The van der Waals surface area contributed by atoms with Crippen molar-refractivity contribution in [3.63, 3.8) is 0 Å². The molecule has 3 aromatic rings. The summed E-state index contributed by atoms with van der Waals surface area (Å²) in [6, 6.07) is 10.9. The Balaban J connectivity index is 2.21. The Labute approximate surface area is 132 Å². The molecule has 5 nitrogen and oxygen atoms in total. The van der Waals surface area contributed by atoms with Gasteiger partial charge in [0.25, 0.3) is 0 Å². The highest BCUT2D eigenvalue weighted by atomic mass is 35.5. The maximum absolute atomic E-state index is 6.30. The zero-order valence-corrected chi connectivity index (χ0v) is 12.9. The minimum absolute atomic E-state index is 0.359. The molecule has 2 N–H and O–H groups in total. The number of ether oxygens (including phenoxy) is 2. The van der Waals surface area contributed by atoms with Gasteiger partial charge in [0, 0.05) is 22.7 Å². The second kappa shape index (κ2) is 5.69. The summed E-state index contributed by atoms with van der Waals surface area (Å²) < 4.78 is 10.6. The summed E-state index contributed by atoms with van der Waals surface area (Å²) in [5.74, 6) is 1.71. The molecule has 0 unspecified atom stereocenters. The van der Waals surface area contributed by atoms with Crippen LogP contribution < -0.4 is 15.2 Å². The summed E-state index contributed by atoms with van der Waals surface area (Å²) >= 11 is 6.30. The number of halogens is 1. The number of anilines is 1. The summed E-state index contributed by atoms with van der Waals surface area (Å²) in [5.41, 5.74) is 7.91. The molecule has 3 rings (SSSR count). The van der Waals surface area contributed by atoms with Gasteiger partial charge in [-0.05, 0) is 30.3 Å². The van der Waals surface area contributed by atoms with E-state index in [9.17, 15) is 0 Å². The molecule has 2 aromatic carbocycles. The second-order valence-electron chi connectivity index (χ2n) is 4.68. The quantitative estimate of drug-likeness (QED) is 0.591. The van der Waals surface area contributed by atoms with E-state index < -0.39 is 0 Å². The fourth-order valence-electron chi connectivity index (χ4n) is 2.18. The van der Waals surface area contributed by atoms with E-state index >= 15 is 0 Å². The molecule has 22 heavy (non-hydrogen) atoms. The lowest BCUT2D eigenvalue weighted by atomic mass is 10.1. The fraction of sp³-hybridized carbons (Fsp3) is 0.125. The van der Waals surface area contributed by atoms with Crippen molar-refractivity contribution in [2.24, 2.45) is 0 Å². The van der Waals surface area contributed by atoms with Gasteiger partial charge < -0.3 is 15.2 Å². The van der Waals surface area contributed by atoms with Gasteiger partial charge in [0.05, 0.1) is 19.7 Å². The molecular formula is C16H14ClN3O2. The van der Waals surface area contributed by atoms with Gasteiger partial charge in [0.2, 0.25) is 0 Å². The number of hydrogen-bond donors (Lipinski definition) is 1. The van der Waals surface area contributed by atoms with Crippen molar-refractivity contribution in [1.82, 2.24) is 9.97 Å². The number of aromatic nitrogens is 2. The van der Waals surface area contributed by atoms with Crippen molar-refractivity contribution in [3.05, 3.63) is 41.6 Å². The maximum atomic E-state index is 6.30. The molecule has 0 aliphatic rings. The Bertz CT molecular complexity index is 835. The van der Waals surface area contributed by atoms with Crippen molar-refractivity contribution in [2.45, 2.75) is 0 Å². The third kappa shape index (κ3) is 2.51. The number of nitrogens with zero attached hydrogens (tertiary/aromatic N) is 2. The van der Waals surface area contributed by atoms with Gasteiger partial charge in [0.15, 0.2) is 17.3 Å². The van der Waals surface area contributed by atoms with Gasteiger partial charge in [-0.3, -0.25) is 0 Å². The van der Waals surface area contributed by atoms with Gasteiger partial charge in [0.1, 0.15) is 5.15 Å². The zero-order valence-electron chi connectivity index (χ0n) is 12.1. The first-order chi connectivity index (χ1) is 10.6.